The van der Waals surface area contributed by atoms with Crippen LogP contribution >= 0.6 is 0 Å². The lowest BCUT2D eigenvalue weighted by atomic mass is 9.93. The van der Waals surface area contributed by atoms with E-state index in [0.717, 1.165) is 12.0 Å². The second-order valence-corrected chi connectivity index (χ2v) is 8.33. The number of carbonyl (C=O) groups is 1. The summed E-state index contributed by atoms with van der Waals surface area (Å²) >= 11 is 0. The summed E-state index contributed by atoms with van der Waals surface area (Å²) in [5, 5.41) is 6.86. The maximum atomic E-state index is 12.5. The molecule has 0 fully saturated rings. The molecule has 28 heavy (non-hydrogen) atoms. The monoisotopic (exact) mass is 401 g/mol. The number of hydrogen-bond donors (Lipinski definition) is 2. The van der Waals surface area contributed by atoms with Crippen LogP contribution in [0.5, 0.6) is 0 Å². The molecular formula is C20H23N3O4S. The van der Waals surface area contributed by atoms with E-state index in [1.807, 2.05) is 6.92 Å². The number of nitrogens with one attached hydrogen (secondary N) is 2. The van der Waals surface area contributed by atoms with Crippen molar-refractivity contribution in [3.8, 4) is 0 Å². The van der Waals surface area contributed by atoms with Crippen molar-refractivity contribution < 1.29 is 17.6 Å². The first-order valence-electron chi connectivity index (χ1n) is 9.00. The molecule has 2 N–H and O–H groups in total. The lowest BCUT2D eigenvalue weighted by Gasteiger charge is -2.14. The van der Waals surface area contributed by atoms with Gasteiger partial charge >= 0.3 is 0 Å². The van der Waals surface area contributed by atoms with Crippen LogP contribution in [0.2, 0.25) is 0 Å². The first-order chi connectivity index (χ1) is 13.3. The van der Waals surface area contributed by atoms with E-state index in [4.69, 9.17) is 4.42 Å². The second kappa shape index (κ2) is 8.02. The van der Waals surface area contributed by atoms with Crippen molar-refractivity contribution in [2.75, 3.05) is 6.54 Å². The number of carbonyl (C=O) groups excluding carboxylic acids is 1. The maximum Gasteiger partial charge on any atom is 0.287 e. The number of hydrogen-bond acceptors (Lipinski definition) is 5. The third kappa shape index (κ3) is 4.01. The summed E-state index contributed by atoms with van der Waals surface area (Å²) < 4.78 is 30.8. The summed E-state index contributed by atoms with van der Waals surface area (Å²) in [6.07, 6.45) is 3.62. The van der Waals surface area contributed by atoms with Crippen molar-refractivity contribution in [1.82, 2.24) is 10.1 Å². The third-order valence-corrected chi connectivity index (χ3v) is 5.80. The zero-order chi connectivity index (χ0) is 20.3. The SMILES string of the molecule is C=CCNC(=O)c1oc2c(c1C)/C(=N/NS(=O)(=O)c1ccc(C)cc1)CCC2. The Morgan fingerprint density at radius 2 is 1.96 bits per heavy atom. The van der Waals surface area contributed by atoms with Gasteiger partial charge < -0.3 is 9.73 Å². The summed E-state index contributed by atoms with van der Waals surface area (Å²) in [5.41, 5.74) is 2.91. The Hall–Kier alpha value is -2.87. The molecule has 1 aliphatic rings. The molecule has 0 radical (unpaired) electrons. The molecule has 8 heteroatoms. The number of rotatable bonds is 6. The van der Waals surface area contributed by atoms with Gasteiger partial charge in [-0.25, -0.2) is 0 Å². The van der Waals surface area contributed by atoms with E-state index >= 15 is 0 Å². The first kappa shape index (κ1) is 19.9. The number of aryl methyl sites for hydroxylation is 2. The Labute approximate surface area is 164 Å². The Morgan fingerprint density at radius 3 is 2.64 bits per heavy atom. The largest absolute Gasteiger partial charge is 0.455 e. The molecule has 148 valence electrons. The molecule has 0 aliphatic heterocycles. The lowest BCUT2D eigenvalue weighted by Crippen LogP contribution is -2.24. The van der Waals surface area contributed by atoms with Gasteiger partial charge in [-0.1, -0.05) is 23.8 Å². The Morgan fingerprint density at radius 1 is 1.25 bits per heavy atom. The van der Waals surface area contributed by atoms with Crippen LogP contribution in [0.25, 0.3) is 0 Å². The zero-order valence-corrected chi connectivity index (χ0v) is 16.7. The molecule has 1 amide bonds. The summed E-state index contributed by atoms with van der Waals surface area (Å²) in [6, 6.07) is 6.54. The number of sulfonamides is 1. The number of nitrogens with zero attached hydrogens (tertiary/aromatic N) is 1. The van der Waals surface area contributed by atoms with Crippen molar-refractivity contribution >= 4 is 21.6 Å². The van der Waals surface area contributed by atoms with E-state index in [9.17, 15) is 13.2 Å². The predicted molar refractivity (Wildman–Crippen MR) is 107 cm³/mol. The molecule has 3 rings (SSSR count). The third-order valence-electron chi connectivity index (χ3n) is 4.57. The second-order valence-electron chi connectivity index (χ2n) is 6.67. The van der Waals surface area contributed by atoms with Crippen molar-refractivity contribution in [2.45, 2.75) is 38.0 Å². The smallest absolute Gasteiger partial charge is 0.287 e. The molecule has 1 heterocycles. The minimum Gasteiger partial charge on any atom is -0.455 e. The first-order valence-corrected chi connectivity index (χ1v) is 10.5. The Balaban J connectivity index is 1.89. The van der Waals surface area contributed by atoms with Gasteiger partial charge in [-0.3, -0.25) is 4.79 Å². The Bertz CT molecular complexity index is 1030. The quantitative estimate of drug-likeness (QED) is 0.574. The van der Waals surface area contributed by atoms with Crippen LogP contribution < -0.4 is 10.1 Å². The van der Waals surface area contributed by atoms with Crippen LogP contribution in [0.1, 0.15) is 45.8 Å². The van der Waals surface area contributed by atoms with Crippen LogP contribution in [0, 0.1) is 13.8 Å². The molecule has 0 saturated heterocycles. The molecule has 0 saturated carbocycles. The highest BCUT2D eigenvalue weighted by Crippen LogP contribution is 2.30. The van der Waals surface area contributed by atoms with Gasteiger partial charge in [0, 0.05) is 24.1 Å². The highest BCUT2D eigenvalue weighted by Gasteiger charge is 2.28. The van der Waals surface area contributed by atoms with E-state index in [2.05, 4.69) is 21.8 Å². The van der Waals surface area contributed by atoms with E-state index < -0.39 is 10.0 Å². The van der Waals surface area contributed by atoms with Crippen molar-refractivity contribution in [1.29, 1.82) is 0 Å². The summed E-state index contributed by atoms with van der Waals surface area (Å²) in [4.78, 5) is 14.7. The van der Waals surface area contributed by atoms with E-state index in [-0.39, 0.29) is 16.6 Å². The average molecular weight is 401 g/mol. The topological polar surface area (TPSA) is 101 Å². The predicted octanol–water partition coefficient (Wildman–Crippen LogP) is 2.83. The molecule has 2 aromatic rings. The van der Waals surface area contributed by atoms with Gasteiger partial charge in [0.2, 0.25) is 0 Å². The van der Waals surface area contributed by atoms with Crippen LogP contribution in [0.3, 0.4) is 0 Å². The normalized spacial score (nSPS) is 15.1. The fourth-order valence-electron chi connectivity index (χ4n) is 3.13. The summed E-state index contributed by atoms with van der Waals surface area (Å²) in [7, 11) is -3.77. The fraction of sp³-hybridized carbons (Fsp3) is 0.300. The van der Waals surface area contributed by atoms with Gasteiger partial charge in [-0.2, -0.15) is 18.4 Å². The molecule has 0 spiro atoms. The van der Waals surface area contributed by atoms with Crippen LogP contribution in [0.15, 0.2) is 51.3 Å². The summed E-state index contributed by atoms with van der Waals surface area (Å²) in [6.45, 7) is 7.57. The number of amides is 1. The number of fused-ring (bicyclic) bond motifs is 1. The maximum absolute atomic E-state index is 12.5. The van der Waals surface area contributed by atoms with Gasteiger partial charge in [-0.15, -0.1) is 6.58 Å². The van der Waals surface area contributed by atoms with Gasteiger partial charge in [0.25, 0.3) is 15.9 Å². The number of hydrazone groups is 1. The van der Waals surface area contributed by atoms with Crippen molar-refractivity contribution in [3.05, 3.63) is 65.1 Å². The van der Waals surface area contributed by atoms with Crippen LogP contribution in [0.4, 0.5) is 0 Å². The zero-order valence-electron chi connectivity index (χ0n) is 15.9. The molecular weight excluding hydrogens is 378 g/mol. The van der Waals surface area contributed by atoms with Crippen molar-refractivity contribution in [2.24, 2.45) is 5.10 Å². The highest BCUT2D eigenvalue weighted by atomic mass is 32.2. The minimum absolute atomic E-state index is 0.145. The van der Waals surface area contributed by atoms with E-state index in [1.54, 1.807) is 25.1 Å². The minimum atomic E-state index is -3.77. The van der Waals surface area contributed by atoms with E-state index in [1.165, 1.54) is 12.1 Å². The lowest BCUT2D eigenvalue weighted by molar-refractivity contribution is 0.0927. The standard InChI is InChI=1S/C20H23N3O4S/c1-4-12-21-20(24)19-14(3)18-16(6-5-7-17(18)27-19)22-23-28(25,26)15-10-8-13(2)9-11-15/h4,8-11,23H,1,5-7,12H2,2-3H3,(H,21,24)/b22-16+. The molecule has 1 aliphatic carbocycles. The van der Waals surface area contributed by atoms with Crippen molar-refractivity contribution in [3.63, 3.8) is 0 Å². The van der Waals surface area contributed by atoms with Crippen LogP contribution in [-0.4, -0.2) is 26.6 Å². The molecule has 0 unspecified atom stereocenters. The van der Waals surface area contributed by atoms with Gasteiger partial charge in [0.05, 0.1) is 10.6 Å². The fourth-order valence-corrected chi connectivity index (χ4v) is 3.96. The molecule has 1 aromatic heterocycles. The van der Waals surface area contributed by atoms with Gasteiger partial charge in [-0.05, 0) is 38.8 Å². The molecule has 7 nitrogen and oxygen atoms in total. The Kier molecular flexibility index (Phi) is 5.69. The van der Waals surface area contributed by atoms with Crippen LogP contribution in [-0.2, 0) is 16.4 Å². The molecule has 0 bridgehead atoms. The molecule has 0 atom stereocenters. The van der Waals surface area contributed by atoms with Gasteiger partial charge in [0.15, 0.2) is 5.76 Å². The highest BCUT2D eigenvalue weighted by molar-refractivity contribution is 7.89. The summed E-state index contributed by atoms with van der Waals surface area (Å²) in [5.74, 6) is 0.551. The molecule has 1 aromatic carbocycles. The number of benzene rings is 1. The van der Waals surface area contributed by atoms with Gasteiger partial charge in [0.1, 0.15) is 5.76 Å². The van der Waals surface area contributed by atoms with E-state index in [0.29, 0.717) is 42.0 Å². The number of furan rings is 1. The average Bonchev–Trinajstić information content (AvgIpc) is 3.02.